The van der Waals surface area contributed by atoms with Crippen LogP contribution in [0.5, 0.6) is 0 Å². The zero-order chi connectivity index (χ0) is 13.4. The number of aryl methyl sites for hydroxylation is 1. The Kier molecular flexibility index (Phi) is 2.81. The number of nitrogen functional groups attached to an aromatic ring is 1. The summed E-state index contributed by atoms with van der Waals surface area (Å²) in [5.74, 6) is 3.39. The first kappa shape index (κ1) is 11.9. The Bertz CT molecular complexity index is 600. The molecule has 0 bridgehead atoms. The van der Waals surface area contributed by atoms with Crippen LogP contribution < -0.4 is 11.1 Å². The highest BCUT2D eigenvalue weighted by Gasteiger charge is 2.27. The third-order valence-electron chi connectivity index (χ3n) is 3.20. The molecule has 19 heavy (non-hydrogen) atoms. The van der Waals surface area contributed by atoms with Gasteiger partial charge in [0.25, 0.3) is 0 Å². The van der Waals surface area contributed by atoms with Gasteiger partial charge in [-0.25, -0.2) is 15.0 Å². The second-order valence-electron chi connectivity index (χ2n) is 4.90. The smallest absolute Gasteiger partial charge is 0.169 e. The lowest BCUT2D eigenvalue weighted by Crippen LogP contribution is -2.10. The molecule has 0 aliphatic heterocycles. The van der Waals surface area contributed by atoms with E-state index in [4.69, 9.17) is 5.73 Å². The van der Waals surface area contributed by atoms with Gasteiger partial charge in [-0.05, 0) is 19.8 Å². The summed E-state index contributed by atoms with van der Waals surface area (Å²) in [5, 5.41) is 7.45. The van der Waals surface area contributed by atoms with E-state index in [0.717, 1.165) is 35.9 Å². The second kappa shape index (κ2) is 4.49. The number of aromatic nitrogens is 5. The molecule has 1 saturated carbocycles. The van der Waals surface area contributed by atoms with Gasteiger partial charge in [0.15, 0.2) is 5.82 Å². The Morgan fingerprint density at radius 2 is 2.21 bits per heavy atom. The second-order valence-corrected chi connectivity index (χ2v) is 4.90. The molecule has 100 valence electrons. The number of rotatable bonds is 4. The van der Waals surface area contributed by atoms with Crippen molar-refractivity contribution in [2.24, 2.45) is 7.05 Å². The molecule has 0 unspecified atom stereocenters. The van der Waals surface area contributed by atoms with Crippen LogP contribution in [-0.2, 0) is 13.6 Å². The van der Waals surface area contributed by atoms with Crippen LogP contribution in [0.15, 0.2) is 6.33 Å². The summed E-state index contributed by atoms with van der Waals surface area (Å²) >= 11 is 0. The van der Waals surface area contributed by atoms with Crippen LogP contribution in [0.3, 0.4) is 0 Å². The van der Waals surface area contributed by atoms with Crippen molar-refractivity contribution in [2.45, 2.75) is 32.2 Å². The Balaban J connectivity index is 1.79. The Morgan fingerprint density at radius 3 is 2.84 bits per heavy atom. The first-order chi connectivity index (χ1) is 9.13. The van der Waals surface area contributed by atoms with Gasteiger partial charge in [-0.2, -0.15) is 5.10 Å². The van der Waals surface area contributed by atoms with Gasteiger partial charge in [-0.3, -0.25) is 4.68 Å². The summed E-state index contributed by atoms with van der Waals surface area (Å²) in [6, 6.07) is 0. The van der Waals surface area contributed by atoms with Crippen molar-refractivity contribution in [1.82, 2.24) is 24.7 Å². The molecule has 3 N–H and O–H groups in total. The minimum absolute atomic E-state index is 0.483. The van der Waals surface area contributed by atoms with Gasteiger partial charge in [0, 0.05) is 18.5 Å². The van der Waals surface area contributed by atoms with E-state index in [2.05, 4.69) is 25.4 Å². The topological polar surface area (TPSA) is 94.5 Å². The van der Waals surface area contributed by atoms with Gasteiger partial charge in [0.05, 0.1) is 6.54 Å². The van der Waals surface area contributed by atoms with Crippen molar-refractivity contribution >= 4 is 11.6 Å². The zero-order valence-electron chi connectivity index (χ0n) is 11.1. The van der Waals surface area contributed by atoms with Crippen LogP contribution >= 0.6 is 0 Å². The van der Waals surface area contributed by atoms with E-state index in [1.807, 2.05) is 14.0 Å². The first-order valence-electron chi connectivity index (χ1n) is 6.36. The Morgan fingerprint density at radius 1 is 1.42 bits per heavy atom. The quantitative estimate of drug-likeness (QED) is 0.850. The maximum atomic E-state index is 5.93. The number of anilines is 2. The zero-order valence-corrected chi connectivity index (χ0v) is 11.1. The lowest BCUT2D eigenvalue weighted by molar-refractivity contribution is 0.746. The summed E-state index contributed by atoms with van der Waals surface area (Å²) in [6.45, 7) is 2.45. The molecule has 2 aromatic rings. The molecule has 0 amide bonds. The molecular formula is C12H17N7. The minimum atomic E-state index is 0.483. The predicted molar refractivity (Wildman–Crippen MR) is 71.5 cm³/mol. The fraction of sp³-hybridized carbons (Fsp3) is 0.500. The summed E-state index contributed by atoms with van der Waals surface area (Å²) in [7, 11) is 1.84. The molecule has 0 spiro atoms. The minimum Gasteiger partial charge on any atom is -0.383 e. The molecule has 2 aromatic heterocycles. The summed E-state index contributed by atoms with van der Waals surface area (Å²) in [6.07, 6.45) is 3.99. The number of nitrogens with zero attached hydrogens (tertiary/aromatic N) is 5. The van der Waals surface area contributed by atoms with Crippen LogP contribution in [0.25, 0.3) is 0 Å². The molecule has 0 radical (unpaired) electrons. The molecule has 3 rings (SSSR count). The summed E-state index contributed by atoms with van der Waals surface area (Å²) in [4.78, 5) is 13.1. The van der Waals surface area contributed by atoms with E-state index in [9.17, 15) is 0 Å². The van der Waals surface area contributed by atoms with Crippen molar-refractivity contribution in [3.63, 3.8) is 0 Å². The standard InChI is InChI=1S/C12H17N7/c1-7-10(13)16-12(8-3-4-8)17-11(7)14-5-9-15-6-19(2)18-9/h6,8H,3-5H2,1-2H3,(H3,13,14,16,17). The number of hydrogen-bond acceptors (Lipinski definition) is 6. The molecule has 2 heterocycles. The maximum Gasteiger partial charge on any atom is 0.169 e. The van der Waals surface area contributed by atoms with Crippen LogP contribution in [0.4, 0.5) is 11.6 Å². The van der Waals surface area contributed by atoms with Crippen LogP contribution in [0.1, 0.15) is 36.0 Å². The van der Waals surface area contributed by atoms with Crippen LogP contribution in [-0.4, -0.2) is 24.7 Å². The van der Waals surface area contributed by atoms with E-state index in [-0.39, 0.29) is 0 Å². The van der Waals surface area contributed by atoms with Crippen molar-refractivity contribution in [2.75, 3.05) is 11.1 Å². The Hall–Kier alpha value is -2.18. The average molecular weight is 259 g/mol. The molecular weight excluding hydrogens is 242 g/mol. The lowest BCUT2D eigenvalue weighted by Gasteiger charge is -2.10. The van der Waals surface area contributed by atoms with Crippen molar-refractivity contribution in [3.8, 4) is 0 Å². The van der Waals surface area contributed by atoms with Crippen molar-refractivity contribution in [3.05, 3.63) is 23.5 Å². The number of hydrogen-bond donors (Lipinski definition) is 2. The summed E-state index contributed by atoms with van der Waals surface area (Å²) < 4.78 is 1.67. The highest BCUT2D eigenvalue weighted by atomic mass is 15.3. The lowest BCUT2D eigenvalue weighted by atomic mass is 10.3. The summed E-state index contributed by atoms with van der Waals surface area (Å²) in [5.41, 5.74) is 6.81. The number of nitrogens with two attached hydrogens (primary N) is 1. The average Bonchev–Trinajstić information content (AvgIpc) is 3.15. The third kappa shape index (κ3) is 2.49. The van der Waals surface area contributed by atoms with Gasteiger partial charge in [-0.1, -0.05) is 0 Å². The molecule has 1 aliphatic rings. The molecule has 1 aliphatic carbocycles. The van der Waals surface area contributed by atoms with Crippen molar-refractivity contribution < 1.29 is 0 Å². The van der Waals surface area contributed by atoms with Gasteiger partial charge >= 0.3 is 0 Å². The fourth-order valence-corrected chi connectivity index (χ4v) is 1.88. The van der Waals surface area contributed by atoms with Crippen LogP contribution in [0, 0.1) is 6.92 Å². The molecule has 7 heteroatoms. The van der Waals surface area contributed by atoms with Crippen LogP contribution in [0.2, 0.25) is 0 Å². The van der Waals surface area contributed by atoms with E-state index >= 15 is 0 Å². The van der Waals surface area contributed by atoms with Gasteiger partial charge < -0.3 is 11.1 Å². The Labute approximate surface area is 111 Å². The predicted octanol–water partition coefficient (Wildman–Crippen LogP) is 0.985. The van der Waals surface area contributed by atoms with E-state index < -0.39 is 0 Å². The molecule has 0 atom stereocenters. The van der Waals surface area contributed by atoms with Crippen molar-refractivity contribution in [1.29, 1.82) is 0 Å². The van der Waals surface area contributed by atoms with Gasteiger partial charge in [0.1, 0.15) is 23.8 Å². The van der Waals surface area contributed by atoms with Gasteiger partial charge in [0.2, 0.25) is 0 Å². The molecule has 0 aromatic carbocycles. The first-order valence-corrected chi connectivity index (χ1v) is 6.36. The molecule has 1 fully saturated rings. The highest BCUT2D eigenvalue weighted by Crippen LogP contribution is 2.39. The largest absolute Gasteiger partial charge is 0.383 e. The normalized spacial score (nSPS) is 14.6. The van der Waals surface area contributed by atoms with Gasteiger partial charge in [-0.15, -0.1) is 0 Å². The molecule has 0 saturated heterocycles. The SMILES string of the molecule is Cc1c(N)nc(C2CC2)nc1NCc1ncn(C)n1. The highest BCUT2D eigenvalue weighted by molar-refractivity contribution is 5.55. The fourth-order valence-electron chi connectivity index (χ4n) is 1.88. The monoisotopic (exact) mass is 259 g/mol. The maximum absolute atomic E-state index is 5.93. The van der Waals surface area contributed by atoms with E-state index in [1.54, 1.807) is 11.0 Å². The number of nitrogens with one attached hydrogen (secondary N) is 1. The van der Waals surface area contributed by atoms with E-state index in [0.29, 0.717) is 18.3 Å². The molecule has 7 nitrogen and oxygen atoms in total. The van der Waals surface area contributed by atoms with E-state index in [1.165, 1.54) is 0 Å². The third-order valence-corrected chi connectivity index (χ3v) is 3.20.